The van der Waals surface area contributed by atoms with Crippen LogP contribution in [0, 0.1) is 23.1 Å². The molecule has 3 nitrogen and oxygen atoms in total. The maximum atomic E-state index is 13.1. The number of hydrogen-bond donors (Lipinski definition) is 2. The van der Waals surface area contributed by atoms with E-state index in [4.69, 9.17) is 5.73 Å². The lowest BCUT2D eigenvalue weighted by molar-refractivity contribution is -0.127. The van der Waals surface area contributed by atoms with Crippen molar-refractivity contribution in [2.24, 2.45) is 23.0 Å². The highest BCUT2D eigenvalue weighted by molar-refractivity contribution is 5.79. The number of nitrogens with two attached hydrogens (primary N) is 1. The molecule has 0 radical (unpaired) electrons. The molecule has 3 N–H and O–H groups in total. The van der Waals surface area contributed by atoms with Crippen molar-refractivity contribution in [3.05, 3.63) is 35.6 Å². The molecule has 21 heavy (non-hydrogen) atoms. The van der Waals surface area contributed by atoms with E-state index >= 15 is 0 Å². The summed E-state index contributed by atoms with van der Waals surface area (Å²) in [6.45, 7) is 10.4. The normalized spacial score (nSPS) is 14.9. The number of carbonyl (C=O) groups excluding carboxylic acids is 1. The number of halogens is 1. The van der Waals surface area contributed by atoms with Crippen molar-refractivity contribution in [3.63, 3.8) is 0 Å². The minimum absolute atomic E-state index is 0.0447. The summed E-state index contributed by atoms with van der Waals surface area (Å²) in [6.07, 6.45) is 0. The third-order valence-electron chi connectivity index (χ3n) is 3.75. The van der Waals surface area contributed by atoms with Crippen LogP contribution in [0.5, 0.6) is 0 Å². The lowest BCUT2D eigenvalue weighted by atomic mass is 9.81. The van der Waals surface area contributed by atoms with Crippen LogP contribution >= 0.6 is 0 Å². The van der Waals surface area contributed by atoms with Gasteiger partial charge in [0, 0.05) is 6.54 Å². The molecule has 0 saturated carbocycles. The summed E-state index contributed by atoms with van der Waals surface area (Å²) in [5, 5.41) is 3.08. The molecule has 1 aromatic carbocycles. The fraction of sp³-hybridized carbons (Fsp3) is 0.588. The fourth-order valence-electron chi connectivity index (χ4n) is 2.39. The number of amides is 1. The summed E-state index contributed by atoms with van der Waals surface area (Å²) in [6, 6.07) is 6.10. The van der Waals surface area contributed by atoms with Crippen molar-refractivity contribution >= 4 is 5.91 Å². The number of nitrogens with one attached hydrogen (secondary N) is 1. The van der Waals surface area contributed by atoms with Gasteiger partial charge in [0.2, 0.25) is 5.91 Å². The summed E-state index contributed by atoms with van der Waals surface area (Å²) in [7, 11) is 0. The number of rotatable bonds is 5. The maximum Gasteiger partial charge on any atom is 0.225 e. The molecule has 2 unspecified atom stereocenters. The Morgan fingerprint density at radius 2 is 1.76 bits per heavy atom. The smallest absolute Gasteiger partial charge is 0.225 e. The van der Waals surface area contributed by atoms with E-state index in [2.05, 4.69) is 5.32 Å². The number of carbonyl (C=O) groups is 1. The van der Waals surface area contributed by atoms with E-state index in [1.165, 1.54) is 12.1 Å². The van der Waals surface area contributed by atoms with Gasteiger partial charge in [-0.15, -0.1) is 0 Å². The molecular weight excluding hydrogens is 267 g/mol. The van der Waals surface area contributed by atoms with Crippen LogP contribution in [0.25, 0.3) is 0 Å². The van der Waals surface area contributed by atoms with Crippen LogP contribution < -0.4 is 11.1 Å². The molecule has 0 spiro atoms. The molecule has 2 atom stereocenters. The zero-order valence-corrected chi connectivity index (χ0v) is 13.6. The molecule has 0 aliphatic heterocycles. The maximum absolute atomic E-state index is 13.1. The first kappa shape index (κ1) is 17.6. The lowest BCUT2D eigenvalue weighted by Crippen LogP contribution is -2.43. The predicted molar refractivity (Wildman–Crippen MR) is 84.1 cm³/mol. The van der Waals surface area contributed by atoms with Gasteiger partial charge in [-0.05, 0) is 29.0 Å². The highest BCUT2D eigenvalue weighted by atomic mass is 19.1. The minimum atomic E-state index is -0.278. The van der Waals surface area contributed by atoms with Crippen LogP contribution in [0.3, 0.4) is 0 Å². The van der Waals surface area contributed by atoms with E-state index in [9.17, 15) is 9.18 Å². The molecule has 4 heteroatoms. The monoisotopic (exact) mass is 294 g/mol. The molecule has 1 amide bonds. The summed E-state index contributed by atoms with van der Waals surface area (Å²) in [5.74, 6) is -0.351. The van der Waals surface area contributed by atoms with E-state index in [-0.39, 0.29) is 35.0 Å². The first-order chi connectivity index (χ1) is 9.66. The first-order valence-corrected chi connectivity index (χ1v) is 7.42. The van der Waals surface area contributed by atoms with Gasteiger partial charge in [0.1, 0.15) is 5.82 Å². The van der Waals surface area contributed by atoms with Crippen LogP contribution in [0.15, 0.2) is 24.3 Å². The van der Waals surface area contributed by atoms with Gasteiger partial charge in [-0.1, -0.05) is 46.8 Å². The largest absolute Gasteiger partial charge is 0.348 e. The molecule has 1 aromatic rings. The predicted octanol–water partition coefficient (Wildman–Crippen LogP) is 3.26. The Morgan fingerprint density at radius 3 is 2.14 bits per heavy atom. The second kappa shape index (κ2) is 7.03. The van der Waals surface area contributed by atoms with Gasteiger partial charge >= 0.3 is 0 Å². The van der Waals surface area contributed by atoms with Crippen LogP contribution in [0.2, 0.25) is 0 Å². The third kappa shape index (κ3) is 4.81. The fourth-order valence-corrected chi connectivity index (χ4v) is 2.39. The van der Waals surface area contributed by atoms with E-state index < -0.39 is 0 Å². The zero-order valence-electron chi connectivity index (χ0n) is 13.6. The molecule has 0 aromatic heterocycles. The average Bonchev–Trinajstić information content (AvgIpc) is 2.36. The summed E-state index contributed by atoms with van der Waals surface area (Å²) in [5.41, 5.74) is 6.43. The number of hydrogen-bond acceptors (Lipinski definition) is 2. The molecular formula is C17H27FN2O. The minimum Gasteiger partial charge on any atom is -0.348 e. The Hall–Kier alpha value is -1.42. The van der Waals surface area contributed by atoms with Crippen LogP contribution in [0.1, 0.15) is 46.2 Å². The Morgan fingerprint density at radius 1 is 1.24 bits per heavy atom. The quantitative estimate of drug-likeness (QED) is 0.875. The van der Waals surface area contributed by atoms with Gasteiger partial charge in [0.25, 0.3) is 0 Å². The van der Waals surface area contributed by atoms with Gasteiger partial charge < -0.3 is 11.1 Å². The van der Waals surface area contributed by atoms with E-state index in [1.807, 2.05) is 34.6 Å². The van der Waals surface area contributed by atoms with Gasteiger partial charge in [0.15, 0.2) is 0 Å². The second-order valence-corrected chi connectivity index (χ2v) is 6.95. The van der Waals surface area contributed by atoms with Gasteiger partial charge in [-0.25, -0.2) is 4.39 Å². The Kier molecular flexibility index (Phi) is 5.90. The van der Waals surface area contributed by atoms with E-state index in [1.54, 1.807) is 12.1 Å². The van der Waals surface area contributed by atoms with Crippen molar-refractivity contribution in [2.45, 2.75) is 40.7 Å². The second-order valence-electron chi connectivity index (χ2n) is 6.95. The molecule has 118 valence electrons. The standard InChI is InChI=1S/C17H27FN2O/c1-11(2)14(10-19)16(21)20-15(17(3,4)5)12-6-8-13(18)9-7-12/h6-9,11,14-15H,10,19H2,1-5H3,(H,20,21). The molecule has 0 saturated heterocycles. The van der Waals surface area contributed by atoms with Gasteiger partial charge in [0.05, 0.1) is 12.0 Å². The summed E-state index contributed by atoms with van der Waals surface area (Å²) >= 11 is 0. The zero-order chi connectivity index (χ0) is 16.2. The van der Waals surface area contributed by atoms with Crippen LogP contribution in [-0.2, 0) is 4.79 Å². The van der Waals surface area contributed by atoms with Crippen LogP contribution in [-0.4, -0.2) is 12.5 Å². The lowest BCUT2D eigenvalue weighted by Gasteiger charge is -2.33. The van der Waals surface area contributed by atoms with Gasteiger partial charge in [-0.2, -0.15) is 0 Å². The summed E-state index contributed by atoms with van der Waals surface area (Å²) < 4.78 is 13.1. The Balaban J connectivity index is 3.00. The average molecular weight is 294 g/mol. The van der Waals surface area contributed by atoms with Crippen molar-refractivity contribution in [1.29, 1.82) is 0 Å². The van der Waals surface area contributed by atoms with E-state index in [0.717, 1.165) is 5.56 Å². The van der Waals surface area contributed by atoms with Crippen molar-refractivity contribution in [2.75, 3.05) is 6.54 Å². The molecule has 0 heterocycles. The van der Waals surface area contributed by atoms with Crippen molar-refractivity contribution in [1.82, 2.24) is 5.32 Å². The molecule has 1 rings (SSSR count). The Labute approximate surface area is 127 Å². The Bertz CT molecular complexity index is 463. The summed E-state index contributed by atoms with van der Waals surface area (Å²) in [4.78, 5) is 12.4. The topological polar surface area (TPSA) is 55.1 Å². The highest BCUT2D eigenvalue weighted by Crippen LogP contribution is 2.33. The van der Waals surface area contributed by atoms with Crippen molar-refractivity contribution < 1.29 is 9.18 Å². The van der Waals surface area contributed by atoms with Crippen molar-refractivity contribution in [3.8, 4) is 0 Å². The SMILES string of the molecule is CC(C)C(CN)C(=O)NC(c1ccc(F)cc1)C(C)(C)C. The number of benzene rings is 1. The van der Waals surface area contributed by atoms with E-state index in [0.29, 0.717) is 6.54 Å². The highest BCUT2D eigenvalue weighted by Gasteiger charge is 2.30. The van der Waals surface area contributed by atoms with Crippen LogP contribution in [0.4, 0.5) is 4.39 Å². The molecule has 0 aliphatic rings. The molecule has 0 aliphatic carbocycles. The third-order valence-corrected chi connectivity index (χ3v) is 3.75. The molecule has 0 bridgehead atoms. The first-order valence-electron chi connectivity index (χ1n) is 7.42. The molecule has 0 fully saturated rings. The van der Waals surface area contributed by atoms with Gasteiger partial charge in [-0.3, -0.25) is 4.79 Å².